The number of nitrogens with one attached hydrogen (secondary N) is 1. The highest BCUT2D eigenvalue weighted by molar-refractivity contribution is 6.29. The third kappa shape index (κ3) is 3.91. The fraction of sp³-hybridized carbons (Fsp3) is 0.154. The summed E-state index contributed by atoms with van der Waals surface area (Å²) in [4.78, 5) is 33.3. The summed E-state index contributed by atoms with van der Waals surface area (Å²) in [6.45, 7) is 5.47. The number of carbonyl (C=O) groups is 1. The highest BCUT2D eigenvalue weighted by Gasteiger charge is 2.22. The summed E-state index contributed by atoms with van der Waals surface area (Å²) in [7, 11) is 0. The number of carboxylic acids is 1. The first-order chi connectivity index (χ1) is 16.7. The molecule has 0 aliphatic carbocycles. The van der Waals surface area contributed by atoms with Crippen molar-refractivity contribution >= 4 is 45.3 Å². The van der Waals surface area contributed by atoms with Crippen molar-refractivity contribution in [1.82, 2.24) is 9.97 Å². The van der Waals surface area contributed by atoms with Crippen LogP contribution in [0, 0.1) is 13.8 Å². The van der Waals surface area contributed by atoms with Gasteiger partial charge in [0.25, 0.3) is 0 Å². The monoisotopic (exact) mass is 489 g/mol. The Balaban J connectivity index is 1.70. The second-order valence-electron chi connectivity index (χ2n) is 8.32. The molecule has 5 rings (SSSR count). The molecule has 0 saturated heterocycles. The average molecular weight is 490 g/mol. The first kappa shape index (κ1) is 22.6. The first-order valence-corrected chi connectivity index (χ1v) is 11.2. The summed E-state index contributed by atoms with van der Waals surface area (Å²) in [5, 5.41) is 13.3. The average Bonchev–Trinajstić information content (AvgIpc) is 3.31. The Morgan fingerprint density at radius 3 is 2.74 bits per heavy atom. The highest BCUT2D eigenvalue weighted by atomic mass is 35.5. The molecule has 0 bridgehead atoms. The van der Waals surface area contributed by atoms with Gasteiger partial charge in [0.1, 0.15) is 22.0 Å². The number of hydrogen-bond acceptors (Lipinski definition) is 7. The van der Waals surface area contributed by atoms with E-state index in [0.29, 0.717) is 50.2 Å². The molecule has 8 nitrogen and oxygen atoms in total. The second-order valence-corrected chi connectivity index (χ2v) is 8.71. The smallest absolute Gasteiger partial charge is 0.356 e. The van der Waals surface area contributed by atoms with E-state index in [-0.39, 0.29) is 16.3 Å². The summed E-state index contributed by atoms with van der Waals surface area (Å²) in [5.74, 6) is -0.805. The molecule has 0 spiro atoms. The normalized spacial score (nSPS) is 12.2. The largest absolute Gasteiger partial charge is 0.476 e. The zero-order chi connectivity index (χ0) is 24.9. The molecule has 9 heteroatoms. The van der Waals surface area contributed by atoms with Gasteiger partial charge < -0.3 is 19.3 Å². The van der Waals surface area contributed by atoms with Crippen molar-refractivity contribution < 1.29 is 18.7 Å². The molecule has 5 aromatic rings. The maximum absolute atomic E-state index is 13.4. The molecule has 0 amide bonds. The van der Waals surface area contributed by atoms with Gasteiger partial charge in [-0.25, -0.2) is 14.8 Å². The zero-order valence-corrected chi connectivity index (χ0v) is 19.8. The van der Waals surface area contributed by atoms with Crippen LogP contribution >= 0.6 is 11.6 Å². The number of oxazole rings is 1. The van der Waals surface area contributed by atoms with Crippen LogP contribution in [0.3, 0.4) is 0 Å². The van der Waals surface area contributed by atoms with Crippen LogP contribution in [0.2, 0.25) is 5.15 Å². The Bertz CT molecular complexity index is 1690. The molecule has 0 aliphatic heterocycles. The number of aryl methyl sites for hydroxylation is 1. The Kier molecular flexibility index (Phi) is 5.53. The number of aromatic carboxylic acids is 1. The molecule has 176 valence electrons. The summed E-state index contributed by atoms with van der Waals surface area (Å²) in [6.07, 6.45) is 1.35. The molecule has 0 saturated carbocycles. The van der Waals surface area contributed by atoms with Crippen LogP contribution in [0.4, 0.5) is 5.69 Å². The van der Waals surface area contributed by atoms with E-state index in [4.69, 9.17) is 20.4 Å². The molecule has 3 aromatic heterocycles. The predicted octanol–water partition coefficient (Wildman–Crippen LogP) is 6.14. The van der Waals surface area contributed by atoms with Crippen molar-refractivity contribution in [3.05, 3.63) is 86.6 Å². The molecule has 2 aromatic carbocycles. The molecule has 0 aliphatic rings. The van der Waals surface area contributed by atoms with Crippen LogP contribution < -0.4 is 10.7 Å². The van der Waals surface area contributed by atoms with E-state index in [1.165, 1.54) is 12.5 Å². The number of aromatic nitrogens is 2. The molecule has 0 radical (unpaired) electrons. The number of para-hydroxylation sites is 1. The summed E-state index contributed by atoms with van der Waals surface area (Å²) in [6, 6.07) is 11.8. The Labute approximate surface area is 204 Å². The van der Waals surface area contributed by atoms with Gasteiger partial charge in [0, 0.05) is 16.7 Å². The molecule has 1 atom stereocenters. The lowest BCUT2D eigenvalue weighted by Gasteiger charge is -2.19. The van der Waals surface area contributed by atoms with Gasteiger partial charge in [-0.15, -0.1) is 0 Å². The lowest BCUT2D eigenvalue weighted by Crippen LogP contribution is -2.14. The van der Waals surface area contributed by atoms with Crippen molar-refractivity contribution in [2.75, 3.05) is 5.32 Å². The van der Waals surface area contributed by atoms with Crippen molar-refractivity contribution in [3.8, 4) is 11.3 Å². The number of rotatable bonds is 5. The van der Waals surface area contributed by atoms with Gasteiger partial charge >= 0.3 is 5.97 Å². The summed E-state index contributed by atoms with van der Waals surface area (Å²) in [5.41, 5.74) is 4.19. The standard InChI is InChI=1S/C26H20ClN3O5/c1-12-9-16(14(3)29-18-7-8-20(27)30-22(18)26(32)33)25-17(10-12)23(31)13(2)24(35-25)15-5-4-6-19-21(15)28-11-34-19/h4-11,14,29H,1-3H3,(H,32,33). The lowest BCUT2D eigenvalue weighted by atomic mass is 9.98. The van der Waals surface area contributed by atoms with Gasteiger partial charge in [-0.1, -0.05) is 23.7 Å². The highest BCUT2D eigenvalue weighted by Crippen LogP contribution is 2.35. The van der Waals surface area contributed by atoms with Gasteiger partial charge in [0.15, 0.2) is 23.1 Å². The van der Waals surface area contributed by atoms with E-state index in [2.05, 4.69) is 15.3 Å². The third-order valence-corrected chi connectivity index (χ3v) is 6.11. The Morgan fingerprint density at radius 2 is 1.97 bits per heavy atom. The van der Waals surface area contributed by atoms with Crippen molar-refractivity contribution in [1.29, 1.82) is 0 Å². The molecular formula is C26H20ClN3O5. The fourth-order valence-electron chi connectivity index (χ4n) is 4.24. The lowest BCUT2D eigenvalue weighted by molar-refractivity contribution is 0.0691. The maximum Gasteiger partial charge on any atom is 0.356 e. The van der Waals surface area contributed by atoms with Crippen LogP contribution in [0.5, 0.6) is 0 Å². The van der Waals surface area contributed by atoms with Crippen molar-refractivity contribution in [3.63, 3.8) is 0 Å². The van der Waals surface area contributed by atoms with Gasteiger partial charge in [-0.2, -0.15) is 0 Å². The number of nitrogens with zero attached hydrogens (tertiary/aromatic N) is 2. The predicted molar refractivity (Wildman–Crippen MR) is 133 cm³/mol. The van der Waals surface area contributed by atoms with E-state index in [0.717, 1.165) is 5.56 Å². The molecule has 0 fully saturated rings. The molecule has 1 unspecified atom stereocenters. The van der Waals surface area contributed by atoms with Gasteiger partial charge in [0.2, 0.25) is 0 Å². The van der Waals surface area contributed by atoms with Crippen LogP contribution in [0.15, 0.2) is 62.5 Å². The van der Waals surface area contributed by atoms with E-state index in [1.54, 1.807) is 25.1 Å². The van der Waals surface area contributed by atoms with Gasteiger partial charge in [-0.05, 0) is 56.7 Å². The van der Waals surface area contributed by atoms with Crippen LogP contribution in [-0.4, -0.2) is 21.0 Å². The summed E-state index contributed by atoms with van der Waals surface area (Å²) >= 11 is 5.89. The quantitative estimate of drug-likeness (QED) is 0.283. The number of hydrogen-bond donors (Lipinski definition) is 2. The Morgan fingerprint density at radius 1 is 1.17 bits per heavy atom. The van der Waals surface area contributed by atoms with Crippen molar-refractivity contribution in [2.45, 2.75) is 26.8 Å². The number of halogens is 1. The fourth-order valence-corrected chi connectivity index (χ4v) is 4.39. The van der Waals surface area contributed by atoms with Gasteiger partial charge in [0.05, 0.1) is 17.1 Å². The maximum atomic E-state index is 13.4. The number of anilines is 1. The summed E-state index contributed by atoms with van der Waals surface area (Å²) < 4.78 is 11.8. The third-order valence-electron chi connectivity index (χ3n) is 5.90. The number of benzene rings is 2. The molecule has 3 heterocycles. The molecule has 35 heavy (non-hydrogen) atoms. The SMILES string of the molecule is Cc1cc(C(C)Nc2ccc(Cl)nc2C(=O)O)c2oc(-c3cccc4ocnc34)c(C)c(=O)c2c1. The minimum Gasteiger partial charge on any atom is -0.476 e. The Hall–Kier alpha value is -4.17. The number of carboxylic acid groups (broad SMARTS) is 1. The zero-order valence-electron chi connectivity index (χ0n) is 19.0. The van der Waals surface area contributed by atoms with E-state index < -0.39 is 12.0 Å². The van der Waals surface area contributed by atoms with Crippen LogP contribution in [-0.2, 0) is 0 Å². The second kappa shape index (κ2) is 8.56. The number of pyridine rings is 1. The van der Waals surface area contributed by atoms with Crippen molar-refractivity contribution in [2.24, 2.45) is 0 Å². The molecule has 2 N–H and O–H groups in total. The van der Waals surface area contributed by atoms with Crippen LogP contribution in [0.25, 0.3) is 33.4 Å². The number of fused-ring (bicyclic) bond motifs is 2. The molecular weight excluding hydrogens is 470 g/mol. The minimum atomic E-state index is -1.21. The van der Waals surface area contributed by atoms with E-state index in [1.807, 2.05) is 32.0 Å². The van der Waals surface area contributed by atoms with E-state index >= 15 is 0 Å². The minimum absolute atomic E-state index is 0.0785. The first-order valence-electron chi connectivity index (χ1n) is 10.8. The van der Waals surface area contributed by atoms with Gasteiger partial charge in [-0.3, -0.25) is 4.79 Å². The van der Waals surface area contributed by atoms with E-state index in [9.17, 15) is 14.7 Å². The topological polar surface area (TPSA) is 118 Å². The van der Waals surface area contributed by atoms with Crippen LogP contribution in [0.1, 0.15) is 40.1 Å².